The molecule has 0 bridgehead atoms. The molecule has 112 valence electrons. The first-order valence-electron chi connectivity index (χ1n) is 7.29. The van der Waals surface area contributed by atoms with Gasteiger partial charge in [-0.1, -0.05) is 42.0 Å². The molecule has 0 saturated heterocycles. The molecule has 0 aromatic heterocycles. The van der Waals surface area contributed by atoms with Gasteiger partial charge in [-0.15, -0.1) is 0 Å². The number of carbonyl (C=O) groups excluding carboxylic acids is 1. The quantitative estimate of drug-likeness (QED) is 0.429. The monoisotopic (exact) mass is 292 g/mol. The minimum absolute atomic E-state index is 0.0142. The highest BCUT2D eigenvalue weighted by atomic mass is 16.5. The van der Waals surface area contributed by atoms with E-state index in [1.807, 2.05) is 68.5 Å². The van der Waals surface area contributed by atoms with Crippen molar-refractivity contribution in [2.24, 2.45) is 0 Å². The zero-order valence-corrected chi connectivity index (χ0v) is 13.0. The molecule has 0 radical (unpaired) electrons. The molecule has 2 nitrogen and oxygen atoms in total. The third kappa shape index (κ3) is 5.06. The van der Waals surface area contributed by atoms with Crippen LogP contribution in [0.1, 0.15) is 29.8 Å². The molecule has 2 aromatic rings. The summed E-state index contributed by atoms with van der Waals surface area (Å²) in [6, 6.07) is 17.0. The van der Waals surface area contributed by atoms with Gasteiger partial charge >= 0.3 is 0 Å². The summed E-state index contributed by atoms with van der Waals surface area (Å²) in [5.41, 5.74) is 2.89. The molecule has 0 atom stereocenters. The molecule has 0 saturated carbocycles. The first-order chi connectivity index (χ1) is 10.6. The summed E-state index contributed by atoms with van der Waals surface area (Å²) in [5.74, 6) is 0.751. The van der Waals surface area contributed by atoms with E-state index in [1.165, 1.54) is 5.57 Å². The molecule has 2 heteroatoms. The Morgan fingerprint density at radius 1 is 1.00 bits per heavy atom. The van der Waals surface area contributed by atoms with Crippen LogP contribution in [0, 0.1) is 0 Å². The van der Waals surface area contributed by atoms with Crippen molar-refractivity contribution in [2.45, 2.75) is 13.8 Å². The summed E-state index contributed by atoms with van der Waals surface area (Å²) in [4.78, 5) is 12.1. The Balaban J connectivity index is 1.96. The van der Waals surface area contributed by atoms with Crippen LogP contribution in [0.15, 0.2) is 72.3 Å². The Labute approximate surface area is 131 Å². The SMILES string of the molecule is CC(C)=CCOc1ccc(C(=O)C=Cc2ccccc2)cc1. The first kappa shape index (κ1) is 15.8. The molecular formula is C20H20O2. The van der Waals surface area contributed by atoms with Crippen molar-refractivity contribution in [2.75, 3.05) is 6.61 Å². The maximum atomic E-state index is 12.1. The zero-order chi connectivity index (χ0) is 15.8. The van der Waals surface area contributed by atoms with Gasteiger partial charge < -0.3 is 4.74 Å². The Hall–Kier alpha value is -2.61. The third-order valence-electron chi connectivity index (χ3n) is 3.11. The normalized spacial score (nSPS) is 10.5. The second-order valence-electron chi connectivity index (χ2n) is 5.23. The molecule has 0 spiro atoms. The van der Waals surface area contributed by atoms with E-state index in [-0.39, 0.29) is 5.78 Å². The van der Waals surface area contributed by atoms with Crippen LogP contribution in [0.2, 0.25) is 0 Å². The van der Waals surface area contributed by atoms with E-state index >= 15 is 0 Å². The van der Waals surface area contributed by atoms with Gasteiger partial charge in [0, 0.05) is 5.56 Å². The Morgan fingerprint density at radius 3 is 2.32 bits per heavy atom. The summed E-state index contributed by atoms with van der Waals surface area (Å²) in [6.45, 7) is 4.61. The summed E-state index contributed by atoms with van der Waals surface area (Å²) >= 11 is 0. The Kier molecular flexibility index (Phi) is 5.73. The van der Waals surface area contributed by atoms with Crippen LogP contribution in [0.4, 0.5) is 0 Å². The molecule has 0 fully saturated rings. The maximum Gasteiger partial charge on any atom is 0.185 e. The van der Waals surface area contributed by atoms with Crippen LogP contribution >= 0.6 is 0 Å². The fourth-order valence-corrected chi connectivity index (χ4v) is 1.85. The number of ketones is 1. The van der Waals surface area contributed by atoms with Gasteiger partial charge in [0.15, 0.2) is 5.78 Å². The summed E-state index contributed by atoms with van der Waals surface area (Å²) in [7, 11) is 0. The molecule has 0 unspecified atom stereocenters. The van der Waals surface area contributed by atoms with Crippen molar-refractivity contribution in [1.82, 2.24) is 0 Å². The summed E-state index contributed by atoms with van der Waals surface area (Å²) in [5, 5.41) is 0. The van der Waals surface area contributed by atoms with Crippen molar-refractivity contribution in [1.29, 1.82) is 0 Å². The number of hydrogen-bond acceptors (Lipinski definition) is 2. The van der Waals surface area contributed by atoms with E-state index in [0.29, 0.717) is 12.2 Å². The number of carbonyl (C=O) groups is 1. The zero-order valence-electron chi connectivity index (χ0n) is 13.0. The number of ether oxygens (including phenoxy) is 1. The van der Waals surface area contributed by atoms with Crippen molar-refractivity contribution in [3.8, 4) is 5.75 Å². The average Bonchev–Trinajstić information content (AvgIpc) is 2.54. The van der Waals surface area contributed by atoms with E-state index in [1.54, 1.807) is 18.2 Å². The average molecular weight is 292 g/mol. The van der Waals surface area contributed by atoms with Crippen LogP contribution < -0.4 is 4.74 Å². The molecule has 0 heterocycles. The molecule has 0 N–H and O–H groups in total. The molecule has 2 rings (SSSR count). The topological polar surface area (TPSA) is 26.3 Å². The highest BCUT2D eigenvalue weighted by Gasteiger charge is 2.02. The second kappa shape index (κ2) is 7.99. The first-order valence-corrected chi connectivity index (χ1v) is 7.29. The lowest BCUT2D eigenvalue weighted by Gasteiger charge is -2.04. The number of allylic oxidation sites excluding steroid dienone is 2. The van der Waals surface area contributed by atoms with Gasteiger partial charge in [-0.3, -0.25) is 4.79 Å². The molecule has 0 aliphatic rings. The predicted octanol–water partition coefficient (Wildman–Crippen LogP) is 4.93. The fraction of sp³-hybridized carbons (Fsp3) is 0.150. The molecule has 2 aromatic carbocycles. The highest BCUT2D eigenvalue weighted by molar-refractivity contribution is 6.06. The van der Waals surface area contributed by atoms with Gasteiger partial charge in [0.2, 0.25) is 0 Å². The number of rotatable bonds is 6. The number of hydrogen-bond donors (Lipinski definition) is 0. The largest absolute Gasteiger partial charge is 0.490 e. The minimum Gasteiger partial charge on any atom is -0.490 e. The van der Waals surface area contributed by atoms with Crippen molar-refractivity contribution >= 4 is 11.9 Å². The molecule has 0 amide bonds. The van der Waals surface area contributed by atoms with E-state index in [0.717, 1.165) is 11.3 Å². The second-order valence-corrected chi connectivity index (χ2v) is 5.23. The van der Waals surface area contributed by atoms with Gasteiger partial charge in [0.05, 0.1) is 0 Å². The lowest BCUT2D eigenvalue weighted by Crippen LogP contribution is -1.97. The Bertz CT molecular complexity index is 661. The lowest BCUT2D eigenvalue weighted by atomic mass is 10.1. The maximum absolute atomic E-state index is 12.1. The predicted molar refractivity (Wildman–Crippen MR) is 91.2 cm³/mol. The smallest absolute Gasteiger partial charge is 0.185 e. The van der Waals surface area contributed by atoms with Gasteiger partial charge in [0.25, 0.3) is 0 Å². The van der Waals surface area contributed by atoms with Crippen molar-refractivity contribution in [3.05, 3.63) is 83.4 Å². The summed E-state index contributed by atoms with van der Waals surface area (Å²) < 4.78 is 5.58. The number of benzene rings is 2. The van der Waals surface area contributed by atoms with Crippen LogP contribution in [-0.2, 0) is 0 Å². The van der Waals surface area contributed by atoms with Crippen molar-refractivity contribution in [3.63, 3.8) is 0 Å². The van der Waals surface area contributed by atoms with E-state index in [9.17, 15) is 4.79 Å². The molecule has 22 heavy (non-hydrogen) atoms. The standard InChI is InChI=1S/C20H20O2/c1-16(2)14-15-22-19-11-9-18(10-12-19)20(21)13-8-17-6-4-3-5-7-17/h3-14H,15H2,1-2H3. The van der Waals surface area contributed by atoms with Gasteiger partial charge in [-0.05, 0) is 55.8 Å². The van der Waals surface area contributed by atoms with E-state index in [4.69, 9.17) is 4.74 Å². The van der Waals surface area contributed by atoms with Crippen LogP contribution in [0.25, 0.3) is 6.08 Å². The van der Waals surface area contributed by atoms with Crippen LogP contribution in [0.5, 0.6) is 5.75 Å². The van der Waals surface area contributed by atoms with Crippen LogP contribution in [0.3, 0.4) is 0 Å². The molecule has 0 aliphatic heterocycles. The lowest BCUT2D eigenvalue weighted by molar-refractivity contribution is 0.104. The third-order valence-corrected chi connectivity index (χ3v) is 3.11. The van der Waals surface area contributed by atoms with Crippen LogP contribution in [-0.4, -0.2) is 12.4 Å². The van der Waals surface area contributed by atoms with Gasteiger partial charge in [-0.2, -0.15) is 0 Å². The van der Waals surface area contributed by atoms with E-state index < -0.39 is 0 Å². The van der Waals surface area contributed by atoms with Gasteiger partial charge in [0.1, 0.15) is 12.4 Å². The van der Waals surface area contributed by atoms with Crippen molar-refractivity contribution < 1.29 is 9.53 Å². The van der Waals surface area contributed by atoms with E-state index in [2.05, 4.69) is 0 Å². The Morgan fingerprint density at radius 2 is 1.68 bits per heavy atom. The van der Waals surface area contributed by atoms with Gasteiger partial charge in [-0.25, -0.2) is 0 Å². The minimum atomic E-state index is -0.0142. The fourth-order valence-electron chi connectivity index (χ4n) is 1.85. The molecular weight excluding hydrogens is 272 g/mol. The highest BCUT2D eigenvalue weighted by Crippen LogP contribution is 2.13. The molecule has 0 aliphatic carbocycles. The summed E-state index contributed by atoms with van der Waals surface area (Å²) in [6.07, 6.45) is 5.43.